The molecule has 3 aromatic rings. The largest absolute Gasteiger partial charge is 0.494 e. The van der Waals surface area contributed by atoms with E-state index >= 15 is 0 Å². The summed E-state index contributed by atoms with van der Waals surface area (Å²) in [6.07, 6.45) is 0.956. The lowest BCUT2D eigenvalue weighted by atomic mass is 10.2. The van der Waals surface area contributed by atoms with E-state index in [2.05, 4.69) is 22.2 Å². The van der Waals surface area contributed by atoms with Gasteiger partial charge in [0.25, 0.3) is 5.56 Å². The lowest BCUT2D eigenvalue weighted by Gasteiger charge is -2.09. The topological polar surface area (TPSA) is 67.0 Å². The van der Waals surface area contributed by atoms with Gasteiger partial charge in [-0.15, -0.1) is 0 Å². The van der Waals surface area contributed by atoms with Gasteiger partial charge in [-0.25, -0.2) is 4.98 Å². The summed E-state index contributed by atoms with van der Waals surface area (Å²) in [6.45, 7) is 2.74. The van der Waals surface area contributed by atoms with Crippen LogP contribution in [0, 0.1) is 0 Å². The average Bonchev–Trinajstić information content (AvgIpc) is 2.53. The van der Waals surface area contributed by atoms with Gasteiger partial charge in [0.2, 0.25) is 5.95 Å². The number of nitrogens with zero attached hydrogens (tertiary/aromatic N) is 1. The number of rotatable bonds is 5. The standard InChI is InChI=1S/C17H17N3O2/c1-2-10-22-13-7-5-6-12(11-13)18-17-19-15-9-4-3-8-14(15)16(21)20-17/h3-9,11H,2,10H2,1H3,(H2,18,19,20,21). The van der Waals surface area contributed by atoms with E-state index in [-0.39, 0.29) is 5.56 Å². The molecule has 2 N–H and O–H groups in total. The quantitative estimate of drug-likeness (QED) is 0.756. The van der Waals surface area contributed by atoms with Crippen LogP contribution in [0.4, 0.5) is 11.6 Å². The first-order valence-corrected chi connectivity index (χ1v) is 7.25. The van der Waals surface area contributed by atoms with Gasteiger partial charge in [-0.2, -0.15) is 0 Å². The molecule has 22 heavy (non-hydrogen) atoms. The second-order valence-corrected chi connectivity index (χ2v) is 4.93. The van der Waals surface area contributed by atoms with Crippen molar-refractivity contribution in [1.82, 2.24) is 9.97 Å². The second-order valence-electron chi connectivity index (χ2n) is 4.93. The van der Waals surface area contributed by atoms with Gasteiger partial charge in [-0.1, -0.05) is 25.1 Å². The molecule has 0 amide bonds. The lowest BCUT2D eigenvalue weighted by Crippen LogP contribution is -2.11. The van der Waals surface area contributed by atoms with Crippen molar-refractivity contribution >= 4 is 22.5 Å². The molecular formula is C17H17N3O2. The maximum Gasteiger partial charge on any atom is 0.260 e. The molecule has 0 aliphatic heterocycles. The molecule has 0 spiro atoms. The molecule has 1 heterocycles. The number of fused-ring (bicyclic) bond motifs is 1. The molecule has 3 rings (SSSR count). The summed E-state index contributed by atoms with van der Waals surface area (Å²) < 4.78 is 5.60. The van der Waals surface area contributed by atoms with Gasteiger partial charge in [0.1, 0.15) is 5.75 Å². The van der Waals surface area contributed by atoms with Crippen molar-refractivity contribution in [3.8, 4) is 5.75 Å². The molecule has 2 aromatic carbocycles. The zero-order chi connectivity index (χ0) is 15.4. The highest BCUT2D eigenvalue weighted by molar-refractivity contribution is 5.78. The molecule has 0 fully saturated rings. The Morgan fingerprint density at radius 3 is 2.91 bits per heavy atom. The van der Waals surface area contributed by atoms with Crippen LogP contribution in [0.3, 0.4) is 0 Å². The molecule has 0 atom stereocenters. The number of aromatic nitrogens is 2. The fourth-order valence-electron chi connectivity index (χ4n) is 2.17. The minimum atomic E-state index is -0.161. The fourth-order valence-corrected chi connectivity index (χ4v) is 2.17. The van der Waals surface area contributed by atoms with Crippen molar-refractivity contribution < 1.29 is 4.74 Å². The third-order valence-electron chi connectivity index (χ3n) is 3.18. The number of anilines is 2. The Morgan fingerprint density at radius 1 is 1.18 bits per heavy atom. The molecule has 5 heteroatoms. The van der Waals surface area contributed by atoms with Crippen molar-refractivity contribution in [3.63, 3.8) is 0 Å². The van der Waals surface area contributed by atoms with Crippen molar-refractivity contribution in [2.45, 2.75) is 13.3 Å². The van der Waals surface area contributed by atoms with Gasteiger partial charge in [0.15, 0.2) is 0 Å². The Labute approximate surface area is 128 Å². The molecule has 0 saturated heterocycles. The van der Waals surface area contributed by atoms with Gasteiger partial charge in [0, 0.05) is 11.8 Å². The van der Waals surface area contributed by atoms with Crippen LogP contribution in [-0.4, -0.2) is 16.6 Å². The molecule has 0 saturated carbocycles. The molecule has 1 aromatic heterocycles. The summed E-state index contributed by atoms with van der Waals surface area (Å²) in [5.74, 6) is 1.20. The first-order valence-electron chi connectivity index (χ1n) is 7.25. The maximum atomic E-state index is 12.0. The summed E-state index contributed by atoms with van der Waals surface area (Å²) in [4.78, 5) is 19.2. The normalized spacial score (nSPS) is 10.6. The molecule has 0 unspecified atom stereocenters. The van der Waals surface area contributed by atoms with E-state index in [1.54, 1.807) is 6.07 Å². The van der Waals surface area contributed by atoms with Gasteiger partial charge >= 0.3 is 0 Å². The lowest BCUT2D eigenvalue weighted by molar-refractivity contribution is 0.317. The first kappa shape index (κ1) is 14.1. The Balaban J connectivity index is 1.88. The van der Waals surface area contributed by atoms with Crippen LogP contribution in [-0.2, 0) is 0 Å². The minimum Gasteiger partial charge on any atom is -0.494 e. The van der Waals surface area contributed by atoms with Crippen molar-refractivity contribution in [3.05, 3.63) is 58.9 Å². The van der Waals surface area contributed by atoms with Gasteiger partial charge in [-0.3, -0.25) is 9.78 Å². The fraction of sp³-hybridized carbons (Fsp3) is 0.176. The summed E-state index contributed by atoms with van der Waals surface area (Å²) in [6, 6.07) is 14.8. The van der Waals surface area contributed by atoms with Gasteiger partial charge in [0.05, 0.1) is 17.5 Å². The predicted octanol–water partition coefficient (Wildman–Crippen LogP) is 3.46. The van der Waals surface area contributed by atoms with E-state index in [1.165, 1.54) is 0 Å². The number of H-pyrrole nitrogens is 1. The summed E-state index contributed by atoms with van der Waals surface area (Å²) in [7, 11) is 0. The summed E-state index contributed by atoms with van der Waals surface area (Å²) >= 11 is 0. The van der Waals surface area contributed by atoms with Gasteiger partial charge < -0.3 is 10.1 Å². The van der Waals surface area contributed by atoms with Crippen LogP contribution in [0.25, 0.3) is 10.9 Å². The maximum absolute atomic E-state index is 12.0. The van der Waals surface area contributed by atoms with Crippen molar-refractivity contribution in [2.75, 3.05) is 11.9 Å². The molecule has 5 nitrogen and oxygen atoms in total. The van der Waals surface area contributed by atoms with E-state index in [0.29, 0.717) is 23.5 Å². The van der Waals surface area contributed by atoms with Crippen LogP contribution in [0.1, 0.15) is 13.3 Å². The number of hydrogen-bond acceptors (Lipinski definition) is 4. The van der Waals surface area contributed by atoms with Crippen molar-refractivity contribution in [1.29, 1.82) is 0 Å². The Bertz CT molecular complexity index is 842. The van der Waals surface area contributed by atoms with E-state index < -0.39 is 0 Å². The zero-order valence-electron chi connectivity index (χ0n) is 12.3. The monoisotopic (exact) mass is 295 g/mol. The van der Waals surface area contributed by atoms with E-state index in [4.69, 9.17) is 4.74 Å². The Morgan fingerprint density at radius 2 is 2.05 bits per heavy atom. The third kappa shape index (κ3) is 3.09. The Hall–Kier alpha value is -2.82. The van der Waals surface area contributed by atoms with E-state index in [0.717, 1.165) is 17.9 Å². The highest BCUT2D eigenvalue weighted by Gasteiger charge is 2.04. The zero-order valence-corrected chi connectivity index (χ0v) is 12.3. The molecule has 0 aliphatic rings. The third-order valence-corrected chi connectivity index (χ3v) is 3.18. The highest BCUT2D eigenvalue weighted by Crippen LogP contribution is 2.20. The predicted molar refractivity (Wildman–Crippen MR) is 87.9 cm³/mol. The SMILES string of the molecule is CCCOc1cccc(Nc2nc3ccccc3c(=O)[nH]2)c1. The molecular weight excluding hydrogens is 278 g/mol. The average molecular weight is 295 g/mol. The summed E-state index contributed by atoms with van der Waals surface area (Å²) in [5.41, 5.74) is 1.31. The number of para-hydroxylation sites is 1. The molecule has 0 aliphatic carbocycles. The first-order chi connectivity index (χ1) is 10.8. The van der Waals surface area contributed by atoms with Crippen molar-refractivity contribution in [2.24, 2.45) is 0 Å². The van der Waals surface area contributed by atoms with Crippen LogP contribution in [0.5, 0.6) is 5.75 Å². The molecule has 0 radical (unpaired) electrons. The highest BCUT2D eigenvalue weighted by atomic mass is 16.5. The number of aromatic amines is 1. The Kier molecular flexibility index (Phi) is 4.05. The van der Waals surface area contributed by atoms with Crippen LogP contribution in [0.2, 0.25) is 0 Å². The van der Waals surface area contributed by atoms with Crippen LogP contribution >= 0.6 is 0 Å². The van der Waals surface area contributed by atoms with E-state index in [9.17, 15) is 4.79 Å². The number of benzene rings is 2. The van der Waals surface area contributed by atoms with Gasteiger partial charge in [-0.05, 0) is 30.7 Å². The molecule has 112 valence electrons. The minimum absolute atomic E-state index is 0.161. The smallest absolute Gasteiger partial charge is 0.260 e. The number of nitrogens with one attached hydrogen (secondary N) is 2. The molecule has 0 bridgehead atoms. The van der Waals surface area contributed by atoms with Crippen LogP contribution < -0.4 is 15.6 Å². The van der Waals surface area contributed by atoms with E-state index in [1.807, 2.05) is 42.5 Å². The second kappa shape index (κ2) is 6.30. The number of ether oxygens (including phenoxy) is 1. The number of hydrogen-bond donors (Lipinski definition) is 2. The van der Waals surface area contributed by atoms with Crippen LogP contribution in [0.15, 0.2) is 53.3 Å². The summed E-state index contributed by atoms with van der Waals surface area (Å²) in [5, 5.41) is 3.68.